The van der Waals surface area contributed by atoms with Gasteiger partial charge in [0.05, 0.1) is 7.11 Å². The first-order valence-corrected chi connectivity index (χ1v) is 7.68. The van der Waals surface area contributed by atoms with Gasteiger partial charge in [0, 0.05) is 11.6 Å². The Labute approximate surface area is 134 Å². The lowest BCUT2D eigenvalue weighted by Crippen LogP contribution is -2.30. The molecule has 0 aromatic carbocycles. The zero-order valence-electron chi connectivity index (χ0n) is 14.6. The fourth-order valence-electron chi connectivity index (χ4n) is 2.43. The zero-order valence-corrected chi connectivity index (χ0v) is 14.6. The third-order valence-corrected chi connectivity index (χ3v) is 3.88. The molecule has 0 heterocycles. The predicted octanol–water partition coefficient (Wildman–Crippen LogP) is 4.06. The Bertz CT molecular complexity index is 396. The van der Waals surface area contributed by atoms with E-state index >= 15 is 0 Å². The number of carbonyl (C=O) groups is 2. The highest BCUT2D eigenvalue weighted by atomic mass is 16.5. The first-order chi connectivity index (χ1) is 10.1. The lowest BCUT2D eigenvalue weighted by atomic mass is 9.72. The third kappa shape index (κ3) is 8.01. The Balaban J connectivity index is 0.000000534. The molecule has 4 heteroatoms. The second-order valence-electron chi connectivity index (χ2n) is 6.75. The zero-order chi connectivity index (χ0) is 17.3. The van der Waals surface area contributed by atoms with Crippen molar-refractivity contribution in [1.29, 1.82) is 0 Å². The lowest BCUT2D eigenvalue weighted by molar-refractivity contribution is -0.145. The fraction of sp³-hybridized carbons (Fsp3) is 0.667. The Morgan fingerprint density at radius 2 is 1.64 bits per heavy atom. The summed E-state index contributed by atoms with van der Waals surface area (Å²) in [6.45, 7) is 15.2. The number of ether oxygens (including phenoxy) is 2. The molecule has 126 valence electrons. The molecule has 0 amide bonds. The van der Waals surface area contributed by atoms with Crippen molar-refractivity contribution >= 4 is 11.9 Å². The molecule has 4 nitrogen and oxygen atoms in total. The van der Waals surface area contributed by atoms with Crippen LogP contribution in [0.4, 0.5) is 0 Å². The number of esters is 2. The molecule has 0 atom stereocenters. The van der Waals surface area contributed by atoms with Crippen LogP contribution in [0.3, 0.4) is 0 Å². The van der Waals surface area contributed by atoms with Crippen molar-refractivity contribution in [3.63, 3.8) is 0 Å². The van der Waals surface area contributed by atoms with E-state index in [1.54, 1.807) is 6.92 Å². The van der Waals surface area contributed by atoms with Gasteiger partial charge < -0.3 is 9.47 Å². The minimum Gasteiger partial charge on any atom is -0.466 e. The molecule has 22 heavy (non-hydrogen) atoms. The molecule has 1 aliphatic rings. The Morgan fingerprint density at radius 3 is 1.91 bits per heavy atom. The molecule has 1 saturated carbocycles. The average molecular weight is 310 g/mol. The van der Waals surface area contributed by atoms with Crippen molar-refractivity contribution in [2.24, 2.45) is 11.3 Å². The summed E-state index contributed by atoms with van der Waals surface area (Å²) in [6.07, 6.45) is 5.70. The highest BCUT2D eigenvalue weighted by Gasteiger charge is 2.30. The van der Waals surface area contributed by atoms with Crippen molar-refractivity contribution in [2.75, 3.05) is 7.11 Å². The van der Waals surface area contributed by atoms with Crippen LogP contribution in [0.2, 0.25) is 0 Å². The van der Waals surface area contributed by atoms with Gasteiger partial charge in [-0.1, -0.05) is 33.9 Å². The van der Waals surface area contributed by atoms with Crippen molar-refractivity contribution in [3.8, 4) is 0 Å². The van der Waals surface area contributed by atoms with Gasteiger partial charge in [-0.15, -0.1) is 0 Å². The number of rotatable bonds is 3. The second-order valence-corrected chi connectivity index (χ2v) is 6.75. The van der Waals surface area contributed by atoms with Crippen LogP contribution in [0.1, 0.15) is 53.4 Å². The Hall–Kier alpha value is -1.58. The lowest BCUT2D eigenvalue weighted by Gasteiger charge is -2.36. The molecule has 0 N–H and O–H groups in total. The molecule has 0 radical (unpaired) electrons. The van der Waals surface area contributed by atoms with Gasteiger partial charge in [-0.2, -0.15) is 0 Å². The smallest absolute Gasteiger partial charge is 0.332 e. The first-order valence-electron chi connectivity index (χ1n) is 7.68. The van der Waals surface area contributed by atoms with E-state index < -0.39 is 0 Å². The van der Waals surface area contributed by atoms with Crippen LogP contribution in [-0.4, -0.2) is 25.2 Å². The van der Waals surface area contributed by atoms with E-state index in [9.17, 15) is 9.59 Å². The number of carbonyl (C=O) groups excluding carboxylic acids is 2. The fourth-order valence-corrected chi connectivity index (χ4v) is 2.43. The number of hydrogen-bond acceptors (Lipinski definition) is 4. The molecule has 0 saturated heterocycles. The molecule has 0 unspecified atom stereocenters. The van der Waals surface area contributed by atoms with E-state index in [1.807, 2.05) is 0 Å². The van der Waals surface area contributed by atoms with Gasteiger partial charge in [0.1, 0.15) is 6.10 Å². The topological polar surface area (TPSA) is 52.6 Å². The van der Waals surface area contributed by atoms with Gasteiger partial charge in [-0.3, -0.25) is 0 Å². The van der Waals surface area contributed by atoms with Crippen LogP contribution in [0.25, 0.3) is 0 Å². The minimum absolute atomic E-state index is 0.120. The maximum absolute atomic E-state index is 11.0. The second kappa shape index (κ2) is 9.44. The van der Waals surface area contributed by atoms with Crippen LogP contribution < -0.4 is 0 Å². The van der Waals surface area contributed by atoms with Crippen LogP contribution in [0.15, 0.2) is 24.8 Å². The van der Waals surface area contributed by atoms with E-state index in [-0.39, 0.29) is 18.0 Å². The molecule has 0 aromatic rings. The minimum atomic E-state index is -0.347. The van der Waals surface area contributed by atoms with Gasteiger partial charge in [0.2, 0.25) is 0 Å². The van der Waals surface area contributed by atoms with Crippen molar-refractivity contribution in [2.45, 2.75) is 59.5 Å². The summed E-state index contributed by atoms with van der Waals surface area (Å²) in [6, 6.07) is 0. The number of methoxy groups -OCH3 is 1. The Kier molecular flexibility index (Phi) is 8.76. The predicted molar refractivity (Wildman–Crippen MR) is 88.3 cm³/mol. The van der Waals surface area contributed by atoms with Crippen molar-refractivity contribution < 1.29 is 19.1 Å². The molecular weight excluding hydrogens is 280 g/mol. The average Bonchev–Trinajstić information content (AvgIpc) is 2.46. The third-order valence-electron chi connectivity index (χ3n) is 3.88. The molecule has 0 bridgehead atoms. The molecule has 1 rings (SSSR count). The molecule has 0 aliphatic heterocycles. The van der Waals surface area contributed by atoms with Crippen molar-refractivity contribution in [3.05, 3.63) is 24.8 Å². The summed E-state index contributed by atoms with van der Waals surface area (Å²) >= 11 is 0. The van der Waals surface area contributed by atoms with E-state index in [2.05, 4.69) is 38.7 Å². The molecule has 1 aliphatic carbocycles. The molecule has 0 spiro atoms. The van der Waals surface area contributed by atoms with E-state index in [4.69, 9.17) is 4.74 Å². The highest BCUT2D eigenvalue weighted by molar-refractivity contribution is 5.86. The summed E-state index contributed by atoms with van der Waals surface area (Å²) < 4.78 is 9.52. The van der Waals surface area contributed by atoms with Gasteiger partial charge in [0.15, 0.2) is 0 Å². The van der Waals surface area contributed by atoms with Crippen LogP contribution in [0.5, 0.6) is 0 Å². The van der Waals surface area contributed by atoms with E-state index in [0.29, 0.717) is 11.0 Å². The summed E-state index contributed by atoms with van der Waals surface area (Å²) in [5.41, 5.74) is 0.815. The number of hydrogen-bond donors (Lipinski definition) is 0. The van der Waals surface area contributed by atoms with E-state index in [1.165, 1.54) is 26.0 Å². The normalized spacial score (nSPS) is 21.0. The summed E-state index contributed by atoms with van der Waals surface area (Å²) in [4.78, 5) is 21.2. The highest BCUT2D eigenvalue weighted by Crippen LogP contribution is 2.38. The SMILES string of the molecule is C=C(C)C(=O)OC.C=CC(=O)OC1CCC(C(C)(C)C)CC1. The van der Waals surface area contributed by atoms with Gasteiger partial charge in [0.25, 0.3) is 0 Å². The van der Waals surface area contributed by atoms with Gasteiger partial charge in [-0.25, -0.2) is 9.59 Å². The monoisotopic (exact) mass is 310 g/mol. The van der Waals surface area contributed by atoms with E-state index in [0.717, 1.165) is 18.8 Å². The van der Waals surface area contributed by atoms with Crippen LogP contribution in [0, 0.1) is 11.3 Å². The van der Waals surface area contributed by atoms with Crippen molar-refractivity contribution in [1.82, 2.24) is 0 Å². The first kappa shape index (κ1) is 20.4. The molecule has 1 fully saturated rings. The standard InChI is InChI=1S/C13H22O2.C5H8O2/c1-5-12(14)15-11-8-6-10(7-9-11)13(2,3)4;1-4(2)5(6)7-3/h5,10-11H,1,6-9H2,2-4H3;1H2,2-3H3. The van der Waals surface area contributed by atoms with Gasteiger partial charge in [-0.05, 0) is 43.9 Å². The van der Waals surface area contributed by atoms with Crippen LogP contribution in [-0.2, 0) is 19.1 Å². The summed E-state index contributed by atoms with van der Waals surface area (Å²) in [7, 11) is 1.33. The maximum Gasteiger partial charge on any atom is 0.332 e. The Morgan fingerprint density at radius 1 is 1.14 bits per heavy atom. The molecule has 0 aromatic heterocycles. The quantitative estimate of drug-likeness (QED) is 0.583. The van der Waals surface area contributed by atoms with Gasteiger partial charge >= 0.3 is 11.9 Å². The molecular formula is C18H30O4. The van der Waals surface area contributed by atoms with Crippen LogP contribution >= 0.6 is 0 Å². The summed E-state index contributed by atoms with van der Waals surface area (Å²) in [5, 5.41) is 0. The maximum atomic E-state index is 11.0. The largest absolute Gasteiger partial charge is 0.466 e. The summed E-state index contributed by atoms with van der Waals surface area (Å²) in [5.74, 6) is 0.130.